The molecule has 1 aliphatic rings. The Morgan fingerprint density at radius 2 is 1.76 bits per heavy atom. The highest BCUT2D eigenvalue weighted by molar-refractivity contribution is 6.31. The van der Waals surface area contributed by atoms with Gasteiger partial charge in [-0.15, -0.1) is 0 Å². The summed E-state index contributed by atoms with van der Waals surface area (Å²) < 4.78 is 4.99. The molecule has 1 aromatic rings. The number of urea groups is 1. The van der Waals surface area contributed by atoms with Gasteiger partial charge in [0.2, 0.25) is 0 Å². The van der Waals surface area contributed by atoms with E-state index in [1.807, 2.05) is 10.6 Å². The summed E-state index contributed by atoms with van der Waals surface area (Å²) in [6.07, 6.45) is 1.20. The van der Waals surface area contributed by atoms with Crippen LogP contribution in [0.25, 0.3) is 6.08 Å². The summed E-state index contributed by atoms with van der Waals surface area (Å²) in [5.41, 5.74) is 0.0208. The van der Waals surface area contributed by atoms with Gasteiger partial charge in [0.25, 0.3) is 11.8 Å². The minimum atomic E-state index is -1.41. The Kier molecular flexibility index (Phi) is 3.98. The van der Waals surface area contributed by atoms with Gasteiger partial charge < -0.3 is 14.6 Å². The normalized spacial score (nSPS) is 14.3. The highest BCUT2D eigenvalue weighted by Gasteiger charge is 2.27. The van der Waals surface area contributed by atoms with Crippen LogP contribution >= 0.6 is 0 Å². The maximum atomic E-state index is 11.6. The highest BCUT2D eigenvalue weighted by Crippen LogP contribution is 2.21. The van der Waals surface area contributed by atoms with E-state index in [1.165, 1.54) is 18.2 Å². The van der Waals surface area contributed by atoms with E-state index in [1.54, 1.807) is 12.1 Å². The van der Waals surface area contributed by atoms with Crippen LogP contribution in [0.4, 0.5) is 4.79 Å². The molecule has 0 radical (unpaired) electrons. The van der Waals surface area contributed by atoms with Gasteiger partial charge in [-0.3, -0.25) is 20.2 Å². The number of para-hydroxylation sites is 1. The third-order valence-electron chi connectivity index (χ3n) is 2.51. The number of benzene rings is 1. The minimum absolute atomic E-state index is 0.159. The molecule has 0 aromatic heterocycles. The fraction of sp³-hybridized carbons (Fsp3) is 0.0769. The summed E-state index contributed by atoms with van der Waals surface area (Å²) in [6, 6.07) is 5.30. The van der Waals surface area contributed by atoms with E-state index in [9.17, 15) is 24.3 Å². The molecule has 2 N–H and O–H groups in total. The number of carboxylic acids is 1. The van der Waals surface area contributed by atoms with Crippen LogP contribution in [-0.4, -0.2) is 30.4 Å². The Morgan fingerprint density at radius 1 is 1.14 bits per heavy atom. The lowest BCUT2D eigenvalue weighted by Gasteiger charge is -2.15. The first-order valence-corrected chi connectivity index (χ1v) is 5.77. The zero-order chi connectivity index (χ0) is 15.4. The van der Waals surface area contributed by atoms with Gasteiger partial charge in [-0.05, 0) is 12.1 Å². The van der Waals surface area contributed by atoms with Gasteiger partial charge >= 0.3 is 6.03 Å². The Bertz CT molecular complexity index is 642. The molecule has 0 unspecified atom stereocenters. The molecule has 1 heterocycles. The van der Waals surface area contributed by atoms with Gasteiger partial charge in [0.15, 0.2) is 0 Å². The lowest BCUT2D eigenvalue weighted by atomic mass is 10.1. The maximum Gasteiger partial charge on any atom is 0.328 e. The van der Waals surface area contributed by atoms with E-state index >= 15 is 0 Å². The lowest BCUT2D eigenvalue weighted by molar-refractivity contribution is -0.307. The third-order valence-corrected chi connectivity index (χ3v) is 2.51. The van der Waals surface area contributed by atoms with Crippen molar-refractivity contribution in [2.24, 2.45) is 0 Å². The monoisotopic (exact) mass is 289 g/mol. The quantitative estimate of drug-likeness (QED) is 0.517. The van der Waals surface area contributed by atoms with Crippen molar-refractivity contribution in [1.29, 1.82) is 0 Å². The number of nitrogens with one attached hydrogen (secondary N) is 2. The lowest BCUT2D eigenvalue weighted by Crippen LogP contribution is -2.51. The van der Waals surface area contributed by atoms with E-state index in [0.717, 1.165) is 0 Å². The van der Waals surface area contributed by atoms with Crippen molar-refractivity contribution in [3.8, 4) is 5.75 Å². The van der Waals surface area contributed by atoms with Gasteiger partial charge in [0.1, 0.15) is 17.9 Å². The molecule has 21 heavy (non-hydrogen) atoms. The van der Waals surface area contributed by atoms with Crippen molar-refractivity contribution in [2.45, 2.75) is 0 Å². The van der Waals surface area contributed by atoms with E-state index < -0.39 is 30.4 Å². The first-order chi connectivity index (χ1) is 9.97. The van der Waals surface area contributed by atoms with E-state index in [0.29, 0.717) is 5.56 Å². The molecule has 8 nitrogen and oxygen atoms in total. The first-order valence-electron chi connectivity index (χ1n) is 5.77. The van der Waals surface area contributed by atoms with Crippen LogP contribution in [0.2, 0.25) is 0 Å². The number of carbonyl (C=O) groups is 4. The number of hydrogen-bond donors (Lipinski definition) is 2. The SMILES string of the molecule is O=C([O-])COc1ccccc1C=C1C(=O)NC(=O)NC1=O. The van der Waals surface area contributed by atoms with E-state index in [-0.39, 0.29) is 11.3 Å². The Labute approximate surface area is 118 Å². The second kappa shape index (κ2) is 5.87. The molecule has 0 saturated carbocycles. The molecule has 2 rings (SSSR count). The number of rotatable bonds is 4. The van der Waals surface area contributed by atoms with Crippen LogP contribution in [-0.2, 0) is 14.4 Å². The summed E-state index contributed by atoms with van der Waals surface area (Å²) in [4.78, 5) is 44.5. The van der Waals surface area contributed by atoms with Crippen LogP contribution in [0.1, 0.15) is 5.56 Å². The zero-order valence-corrected chi connectivity index (χ0v) is 10.5. The highest BCUT2D eigenvalue weighted by atomic mass is 16.5. The molecule has 4 amide bonds. The van der Waals surface area contributed by atoms with Gasteiger partial charge in [0, 0.05) is 5.56 Å². The molecule has 1 saturated heterocycles. The Balaban J connectivity index is 2.31. The number of aliphatic carboxylic acids is 1. The van der Waals surface area contributed by atoms with Crippen molar-refractivity contribution in [1.82, 2.24) is 10.6 Å². The average molecular weight is 289 g/mol. The van der Waals surface area contributed by atoms with Gasteiger partial charge in [-0.25, -0.2) is 4.79 Å². The summed E-state index contributed by atoms with van der Waals surface area (Å²) in [7, 11) is 0. The maximum absolute atomic E-state index is 11.6. The van der Waals surface area contributed by atoms with E-state index in [4.69, 9.17) is 4.74 Å². The topological polar surface area (TPSA) is 125 Å². The predicted molar refractivity (Wildman–Crippen MR) is 66.6 cm³/mol. The summed E-state index contributed by atoms with van der Waals surface area (Å²) >= 11 is 0. The first kappa shape index (κ1) is 14.3. The summed E-state index contributed by atoms with van der Waals surface area (Å²) in [6.45, 7) is -0.670. The second-order valence-electron chi connectivity index (χ2n) is 3.99. The predicted octanol–water partition coefficient (Wildman–Crippen LogP) is -1.44. The molecule has 0 spiro atoms. The molecule has 0 aliphatic carbocycles. The minimum Gasteiger partial charge on any atom is -0.546 e. The van der Waals surface area contributed by atoms with Crippen molar-refractivity contribution in [2.75, 3.05) is 6.61 Å². The van der Waals surface area contributed by atoms with Crippen molar-refractivity contribution in [3.63, 3.8) is 0 Å². The van der Waals surface area contributed by atoms with Crippen LogP contribution in [0.15, 0.2) is 29.8 Å². The zero-order valence-electron chi connectivity index (χ0n) is 10.5. The number of amides is 4. The number of barbiturate groups is 1. The molecular formula is C13H9N2O6-. The van der Waals surface area contributed by atoms with E-state index in [2.05, 4.69) is 0 Å². The molecule has 8 heteroatoms. The standard InChI is InChI=1S/C13H10N2O6/c16-10(17)6-21-9-4-2-1-3-7(9)5-8-11(18)14-13(20)15-12(8)19/h1-5H,6H2,(H,16,17)(H2,14,15,18,19,20)/p-1. The fourth-order valence-corrected chi connectivity index (χ4v) is 1.63. The smallest absolute Gasteiger partial charge is 0.328 e. The number of carboxylic acid groups (broad SMARTS) is 1. The molecule has 1 aliphatic heterocycles. The van der Waals surface area contributed by atoms with Crippen LogP contribution in [0, 0.1) is 0 Å². The van der Waals surface area contributed by atoms with Crippen molar-refractivity contribution >= 4 is 29.9 Å². The largest absolute Gasteiger partial charge is 0.546 e. The molecule has 1 aromatic carbocycles. The molecular weight excluding hydrogens is 280 g/mol. The molecule has 108 valence electrons. The second-order valence-corrected chi connectivity index (χ2v) is 3.99. The Hall–Kier alpha value is -3.16. The van der Waals surface area contributed by atoms with Gasteiger partial charge in [0.05, 0.1) is 5.97 Å². The summed E-state index contributed by atoms with van der Waals surface area (Å²) in [5.74, 6) is -2.94. The number of ether oxygens (including phenoxy) is 1. The number of hydrogen-bond acceptors (Lipinski definition) is 6. The number of carbonyl (C=O) groups excluding carboxylic acids is 4. The van der Waals surface area contributed by atoms with Crippen molar-refractivity contribution in [3.05, 3.63) is 35.4 Å². The molecule has 0 bridgehead atoms. The fourth-order valence-electron chi connectivity index (χ4n) is 1.63. The van der Waals surface area contributed by atoms with Crippen molar-refractivity contribution < 1.29 is 29.0 Å². The molecule has 1 fully saturated rings. The van der Waals surface area contributed by atoms with Crippen LogP contribution in [0.5, 0.6) is 5.75 Å². The average Bonchev–Trinajstić information content (AvgIpc) is 2.41. The van der Waals surface area contributed by atoms with Gasteiger partial charge in [-0.1, -0.05) is 18.2 Å². The number of imide groups is 2. The molecule has 0 atom stereocenters. The summed E-state index contributed by atoms with van der Waals surface area (Å²) in [5, 5.41) is 14.3. The van der Waals surface area contributed by atoms with Crippen LogP contribution in [0.3, 0.4) is 0 Å². The Morgan fingerprint density at radius 3 is 2.38 bits per heavy atom. The van der Waals surface area contributed by atoms with Crippen LogP contribution < -0.4 is 20.5 Å². The third kappa shape index (κ3) is 3.44. The van der Waals surface area contributed by atoms with Gasteiger partial charge in [-0.2, -0.15) is 0 Å².